The van der Waals surface area contributed by atoms with Gasteiger partial charge in [-0.2, -0.15) is 0 Å². The molecule has 0 aromatic carbocycles. The number of nitrogens with one attached hydrogen (secondary N) is 1. The minimum Gasteiger partial charge on any atom is -0.397 e. The van der Waals surface area contributed by atoms with Gasteiger partial charge in [-0.15, -0.1) is 11.3 Å². The van der Waals surface area contributed by atoms with Crippen LogP contribution in [0.2, 0.25) is 0 Å². The summed E-state index contributed by atoms with van der Waals surface area (Å²) in [4.78, 5) is 19.8. The Labute approximate surface area is 103 Å². The van der Waals surface area contributed by atoms with Crippen LogP contribution in [0.1, 0.15) is 15.5 Å². The number of nitrogens with zero attached hydrogens (tertiary/aromatic N) is 2. The van der Waals surface area contributed by atoms with Gasteiger partial charge in [0.05, 0.1) is 10.7 Å². The SMILES string of the molecule is Nc1cccnc1C(=O)NCCc1nccs1. The van der Waals surface area contributed by atoms with Crippen LogP contribution in [0.15, 0.2) is 29.9 Å². The molecule has 2 aromatic heterocycles. The van der Waals surface area contributed by atoms with Gasteiger partial charge in [0.15, 0.2) is 5.69 Å². The van der Waals surface area contributed by atoms with Gasteiger partial charge in [0.25, 0.3) is 5.91 Å². The van der Waals surface area contributed by atoms with Gasteiger partial charge in [-0.1, -0.05) is 0 Å². The van der Waals surface area contributed by atoms with E-state index in [1.807, 2.05) is 5.38 Å². The van der Waals surface area contributed by atoms with Crippen LogP contribution < -0.4 is 11.1 Å². The highest BCUT2D eigenvalue weighted by Crippen LogP contribution is 2.07. The second-order valence-corrected chi connectivity index (χ2v) is 4.35. The lowest BCUT2D eigenvalue weighted by molar-refractivity contribution is 0.0950. The summed E-state index contributed by atoms with van der Waals surface area (Å²) in [5, 5.41) is 5.67. The molecule has 0 aliphatic carbocycles. The smallest absolute Gasteiger partial charge is 0.272 e. The third kappa shape index (κ3) is 3.01. The number of anilines is 1. The lowest BCUT2D eigenvalue weighted by atomic mass is 10.3. The van der Waals surface area contributed by atoms with Gasteiger partial charge in [-0.3, -0.25) is 4.79 Å². The number of carbonyl (C=O) groups excluding carboxylic acids is 1. The van der Waals surface area contributed by atoms with Crippen molar-refractivity contribution in [1.82, 2.24) is 15.3 Å². The van der Waals surface area contributed by atoms with Crippen molar-refractivity contribution in [3.63, 3.8) is 0 Å². The summed E-state index contributed by atoms with van der Waals surface area (Å²) in [7, 11) is 0. The molecule has 0 aliphatic rings. The number of hydrogen-bond donors (Lipinski definition) is 2. The van der Waals surface area contributed by atoms with Crippen LogP contribution in [0.5, 0.6) is 0 Å². The lowest BCUT2D eigenvalue weighted by Crippen LogP contribution is -2.27. The van der Waals surface area contributed by atoms with Crippen molar-refractivity contribution in [2.24, 2.45) is 0 Å². The normalized spacial score (nSPS) is 10.1. The van der Waals surface area contributed by atoms with E-state index in [1.165, 1.54) is 0 Å². The molecule has 0 saturated carbocycles. The van der Waals surface area contributed by atoms with E-state index in [0.717, 1.165) is 11.4 Å². The summed E-state index contributed by atoms with van der Waals surface area (Å²) in [6.45, 7) is 0.530. The second-order valence-electron chi connectivity index (χ2n) is 3.37. The highest BCUT2D eigenvalue weighted by atomic mass is 32.1. The molecular weight excluding hydrogens is 236 g/mol. The third-order valence-corrected chi connectivity index (χ3v) is 3.00. The Bertz CT molecular complexity index is 498. The largest absolute Gasteiger partial charge is 0.397 e. The average Bonchev–Trinajstić information content (AvgIpc) is 2.82. The highest BCUT2D eigenvalue weighted by Gasteiger charge is 2.09. The predicted octanol–water partition coefficient (Wildman–Crippen LogP) is 1.09. The Kier molecular flexibility index (Phi) is 3.66. The van der Waals surface area contributed by atoms with E-state index in [9.17, 15) is 4.79 Å². The third-order valence-electron chi connectivity index (χ3n) is 2.16. The van der Waals surface area contributed by atoms with Crippen LogP contribution in [-0.4, -0.2) is 22.4 Å². The van der Waals surface area contributed by atoms with E-state index < -0.39 is 0 Å². The average molecular weight is 248 g/mol. The molecule has 0 saturated heterocycles. The minimum atomic E-state index is -0.250. The van der Waals surface area contributed by atoms with Gasteiger partial charge in [-0.25, -0.2) is 9.97 Å². The van der Waals surface area contributed by atoms with E-state index in [1.54, 1.807) is 35.9 Å². The van der Waals surface area contributed by atoms with Crippen molar-refractivity contribution in [3.05, 3.63) is 40.6 Å². The fourth-order valence-corrected chi connectivity index (χ4v) is 1.97. The number of pyridine rings is 1. The predicted molar refractivity (Wildman–Crippen MR) is 66.8 cm³/mol. The molecule has 2 aromatic rings. The van der Waals surface area contributed by atoms with Crippen molar-refractivity contribution in [2.45, 2.75) is 6.42 Å². The maximum absolute atomic E-state index is 11.7. The molecule has 2 rings (SSSR count). The number of nitrogen functional groups attached to an aromatic ring is 1. The fourth-order valence-electron chi connectivity index (χ4n) is 1.35. The number of rotatable bonds is 4. The molecule has 0 aliphatic heterocycles. The van der Waals surface area contributed by atoms with Gasteiger partial charge in [0.2, 0.25) is 0 Å². The van der Waals surface area contributed by atoms with E-state index in [0.29, 0.717) is 12.2 Å². The molecule has 0 fully saturated rings. The Morgan fingerprint density at radius 1 is 1.41 bits per heavy atom. The molecule has 2 heterocycles. The van der Waals surface area contributed by atoms with Gasteiger partial charge in [0, 0.05) is 30.7 Å². The number of hydrogen-bond acceptors (Lipinski definition) is 5. The Morgan fingerprint density at radius 3 is 3.00 bits per heavy atom. The van der Waals surface area contributed by atoms with Gasteiger partial charge < -0.3 is 11.1 Å². The van der Waals surface area contributed by atoms with E-state index >= 15 is 0 Å². The van der Waals surface area contributed by atoms with Crippen LogP contribution in [0.3, 0.4) is 0 Å². The summed E-state index contributed by atoms with van der Waals surface area (Å²) < 4.78 is 0. The maximum atomic E-state index is 11.7. The Balaban J connectivity index is 1.88. The van der Waals surface area contributed by atoms with Crippen molar-refractivity contribution in [3.8, 4) is 0 Å². The Hall–Kier alpha value is -1.95. The summed E-state index contributed by atoms with van der Waals surface area (Å²) in [6.07, 6.45) is 4.01. The molecule has 6 heteroatoms. The first-order valence-corrected chi connectivity index (χ1v) is 6.02. The van der Waals surface area contributed by atoms with Crippen molar-refractivity contribution >= 4 is 22.9 Å². The zero-order valence-electron chi connectivity index (χ0n) is 9.09. The molecular formula is C11H12N4OS. The van der Waals surface area contributed by atoms with Crippen molar-refractivity contribution in [1.29, 1.82) is 0 Å². The quantitative estimate of drug-likeness (QED) is 0.848. The minimum absolute atomic E-state index is 0.250. The number of carbonyl (C=O) groups is 1. The molecule has 0 unspecified atom stereocenters. The van der Waals surface area contributed by atoms with Crippen LogP contribution in [0.4, 0.5) is 5.69 Å². The summed E-state index contributed by atoms with van der Waals surface area (Å²) in [5.41, 5.74) is 6.31. The summed E-state index contributed by atoms with van der Waals surface area (Å²) in [5.74, 6) is -0.250. The molecule has 3 N–H and O–H groups in total. The first-order chi connectivity index (χ1) is 8.27. The number of amides is 1. The number of aromatic nitrogens is 2. The zero-order chi connectivity index (χ0) is 12.1. The maximum Gasteiger partial charge on any atom is 0.272 e. The zero-order valence-corrected chi connectivity index (χ0v) is 9.91. The van der Waals surface area contributed by atoms with Crippen molar-refractivity contribution in [2.75, 3.05) is 12.3 Å². The lowest BCUT2D eigenvalue weighted by Gasteiger charge is -2.05. The van der Waals surface area contributed by atoms with Gasteiger partial charge in [-0.05, 0) is 12.1 Å². The highest BCUT2D eigenvalue weighted by molar-refractivity contribution is 7.09. The van der Waals surface area contributed by atoms with E-state index in [-0.39, 0.29) is 11.6 Å². The fraction of sp³-hybridized carbons (Fsp3) is 0.182. The molecule has 88 valence electrons. The molecule has 0 atom stereocenters. The van der Waals surface area contributed by atoms with Crippen LogP contribution in [-0.2, 0) is 6.42 Å². The Morgan fingerprint density at radius 2 is 2.29 bits per heavy atom. The van der Waals surface area contributed by atoms with Crippen molar-refractivity contribution < 1.29 is 4.79 Å². The number of nitrogens with two attached hydrogens (primary N) is 1. The van der Waals surface area contributed by atoms with Crippen LogP contribution in [0.25, 0.3) is 0 Å². The van der Waals surface area contributed by atoms with Crippen LogP contribution in [0, 0.1) is 0 Å². The summed E-state index contributed by atoms with van der Waals surface area (Å²) in [6, 6.07) is 3.35. The molecule has 0 radical (unpaired) electrons. The van der Waals surface area contributed by atoms with Gasteiger partial charge >= 0.3 is 0 Å². The topological polar surface area (TPSA) is 80.9 Å². The standard InChI is InChI=1S/C11H12N4OS/c12-8-2-1-4-14-10(8)11(16)15-5-3-9-13-6-7-17-9/h1-2,4,6-7H,3,5,12H2,(H,15,16). The molecule has 1 amide bonds. The second kappa shape index (κ2) is 5.40. The first-order valence-electron chi connectivity index (χ1n) is 5.14. The van der Waals surface area contributed by atoms with E-state index in [2.05, 4.69) is 15.3 Å². The number of thiazole rings is 1. The van der Waals surface area contributed by atoms with Crippen LogP contribution >= 0.6 is 11.3 Å². The molecule has 5 nitrogen and oxygen atoms in total. The molecule has 0 spiro atoms. The van der Waals surface area contributed by atoms with E-state index in [4.69, 9.17) is 5.73 Å². The molecule has 17 heavy (non-hydrogen) atoms. The monoisotopic (exact) mass is 248 g/mol. The van der Waals surface area contributed by atoms with Gasteiger partial charge in [0.1, 0.15) is 0 Å². The summed E-state index contributed by atoms with van der Waals surface area (Å²) >= 11 is 1.57. The molecule has 0 bridgehead atoms. The first kappa shape index (κ1) is 11.5.